The lowest BCUT2D eigenvalue weighted by Gasteiger charge is -2.24. The van der Waals surface area contributed by atoms with Gasteiger partial charge in [0.1, 0.15) is 12.7 Å². The van der Waals surface area contributed by atoms with Crippen molar-refractivity contribution >= 4 is 17.9 Å². The van der Waals surface area contributed by atoms with E-state index >= 15 is 0 Å². The predicted octanol–water partition coefficient (Wildman–Crippen LogP) is 3.67. The molecule has 3 aromatic rings. The predicted molar refractivity (Wildman–Crippen MR) is 124 cm³/mol. The number of hydrogen-bond donors (Lipinski definition) is 0. The fourth-order valence-corrected chi connectivity index (χ4v) is 3.63. The molecule has 0 bridgehead atoms. The van der Waals surface area contributed by atoms with Crippen LogP contribution in [-0.2, 0) is 23.7 Å². The smallest absolute Gasteiger partial charge is 0.338 e. The molecule has 1 aliphatic heterocycles. The van der Waals surface area contributed by atoms with Crippen LogP contribution in [-0.4, -0.2) is 56.2 Å². The van der Waals surface area contributed by atoms with Gasteiger partial charge in [0.05, 0.1) is 16.7 Å². The number of carbonyl (C=O) groups excluding carboxylic acids is 3. The Morgan fingerprint density at radius 1 is 0.657 bits per heavy atom. The second kappa shape index (κ2) is 11.4. The van der Waals surface area contributed by atoms with Gasteiger partial charge in [-0.1, -0.05) is 54.6 Å². The zero-order valence-corrected chi connectivity index (χ0v) is 18.9. The Morgan fingerprint density at radius 2 is 1.09 bits per heavy atom. The van der Waals surface area contributed by atoms with E-state index in [0.29, 0.717) is 16.7 Å². The molecule has 0 aliphatic carbocycles. The average Bonchev–Trinajstić information content (AvgIpc) is 3.24. The van der Waals surface area contributed by atoms with Crippen molar-refractivity contribution in [2.24, 2.45) is 0 Å². The molecule has 35 heavy (non-hydrogen) atoms. The highest BCUT2D eigenvalue weighted by molar-refractivity contribution is 5.90. The molecular formula is C27H24O8. The van der Waals surface area contributed by atoms with Crippen LogP contribution in [0.4, 0.5) is 0 Å². The second-order valence-electron chi connectivity index (χ2n) is 7.72. The van der Waals surface area contributed by atoms with Crippen molar-refractivity contribution < 1.29 is 38.1 Å². The molecule has 8 nitrogen and oxygen atoms in total. The minimum Gasteiger partial charge on any atom is -0.459 e. The van der Waals surface area contributed by atoms with Crippen LogP contribution >= 0.6 is 0 Å². The van der Waals surface area contributed by atoms with Crippen molar-refractivity contribution in [3.8, 4) is 0 Å². The Bertz CT molecular complexity index is 1130. The Morgan fingerprint density at radius 3 is 1.54 bits per heavy atom. The van der Waals surface area contributed by atoms with Crippen molar-refractivity contribution in [3.05, 3.63) is 108 Å². The van der Waals surface area contributed by atoms with Crippen LogP contribution in [0.2, 0.25) is 0 Å². The summed E-state index contributed by atoms with van der Waals surface area (Å²) in [5.41, 5.74) is 0.981. The van der Waals surface area contributed by atoms with Gasteiger partial charge >= 0.3 is 17.9 Å². The number of ether oxygens (including phenoxy) is 5. The van der Waals surface area contributed by atoms with E-state index in [-0.39, 0.29) is 6.61 Å². The van der Waals surface area contributed by atoms with Gasteiger partial charge in [0, 0.05) is 7.11 Å². The molecular weight excluding hydrogens is 452 g/mol. The van der Waals surface area contributed by atoms with Gasteiger partial charge in [0.15, 0.2) is 18.5 Å². The number of rotatable bonds is 8. The molecule has 0 amide bonds. The highest BCUT2D eigenvalue weighted by Crippen LogP contribution is 2.29. The zero-order valence-electron chi connectivity index (χ0n) is 18.9. The summed E-state index contributed by atoms with van der Waals surface area (Å²) < 4.78 is 28.0. The SMILES string of the molecule is CO[C@@H]1O[C@@H](COC(=O)c2ccccc2)[C@@H](OC(=O)c2ccccc2)[C@H]1OC(=O)c1ccccc1. The second-order valence-corrected chi connectivity index (χ2v) is 7.72. The molecule has 0 N–H and O–H groups in total. The molecule has 4 atom stereocenters. The van der Waals surface area contributed by atoms with Crippen LogP contribution in [0.1, 0.15) is 31.1 Å². The Hall–Kier alpha value is -4.01. The first-order valence-corrected chi connectivity index (χ1v) is 11.0. The van der Waals surface area contributed by atoms with Gasteiger partial charge in [-0.15, -0.1) is 0 Å². The normalized spacial score (nSPS) is 21.2. The van der Waals surface area contributed by atoms with Crippen LogP contribution in [0, 0.1) is 0 Å². The third-order valence-electron chi connectivity index (χ3n) is 5.39. The molecule has 0 aromatic heterocycles. The largest absolute Gasteiger partial charge is 0.459 e. The molecule has 3 aromatic carbocycles. The molecule has 0 unspecified atom stereocenters. The van der Waals surface area contributed by atoms with Gasteiger partial charge in [-0.2, -0.15) is 0 Å². The van der Waals surface area contributed by atoms with E-state index in [1.54, 1.807) is 91.0 Å². The number of hydrogen-bond acceptors (Lipinski definition) is 8. The van der Waals surface area contributed by atoms with E-state index in [1.807, 2.05) is 0 Å². The average molecular weight is 476 g/mol. The fourth-order valence-electron chi connectivity index (χ4n) is 3.63. The zero-order chi connectivity index (χ0) is 24.6. The van der Waals surface area contributed by atoms with E-state index in [1.165, 1.54) is 7.11 Å². The summed E-state index contributed by atoms with van der Waals surface area (Å²) in [4.78, 5) is 38.0. The summed E-state index contributed by atoms with van der Waals surface area (Å²) in [7, 11) is 1.38. The Kier molecular flexibility index (Phi) is 7.87. The molecule has 1 heterocycles. The van der Waals surface area contributed by atoms with E-state index in [4.69, 9.17) is 23.7 Å². The first-order valence-electron chi connectivity index (χ1n) is 11.0. The van der Waals surface area contributed by atoms with Crippen molar-refractivity contribution in [3.63, 3.8) is 0 Å². The minimum atomic E-state index is -1.10. The molecule has 4 rings (SSSR count). The first kappa shape index (κ1) is 24.1. The van der Waals surface area contributed by atoms with E-state index < -0.39 is 42.5 Å². The standard InChI is InChI=1S/C27H24O8/c1-31-27-23(35-26(30)20-15-9-4-10-16-20)22(34-25(29)19-13-7-3-8-14-19)21(33-27)17-32-24(28)18-11-5-2-6-12-18/h2-16,21-23,27H,17H2,1H3/t21-,22+,23+,27+/m0/s1. The molecule has 1 fully saturated rings. The van der Waals surface area contributed by atoms with Gasteiger partial charge in [-0.05, 0) is 36.4 Å². The van der Waals surface area contributed by atoms with Crippen molar-refractivity contribution in [1.82, 2.24) is 0 Å². The highest BCUT2D eigenvalue weighted by Gasteiger charge is 2.50. The van der Waals surface area contributed by atoms with Crippen molar-refractivity contribution in [2.45, 2.75) is 24.6 Å². The molecule has 8 heteroatoms. The van der Waals surface area contributed by atoms with Gasteiger partial charge in [0.2, 0.25) is 0 Å². The van der Waals surface area contributed by atoms with Gasteiger partial charge in [0.25, 0.3) is 0 Å². The van der Waals surface area contributed by atoms with Crippen LogP contribution in [0.25, 0.3) is 0 Å². The Labute approximate surface area is 202 Å². The topological polar surface area (TPSA) is 97.4 Å². The van der Waals surface area contributed by atoms with Gasteiger partial charge in [-0.25, -0.2) is 14.4 Å². The van der Waals surface area contributed by atoms with E-state index in [0.717, 1.165) is 0 Å². The summed E-state index contributed by atoms with van der Waals surface area (Å²) in [6, 6.07) is 25.2. The number of benzene rings is 3. The molecule has 0 spiro atoms. The number of esters is 3. The molecule has 0 radical (unpaired) electrons. The van der Waals surface area contributed by atoms with Crippen LogP contribution in [0.15, 0.2) is 91.0 Å². The summed E-state index contributed by atoms with van der Waals surface area (Å²) >= 11 is 0. The minimum absolute atomic E-state index is 0.250. The van der Waals surface area contributed by atoms with Gasteiger partial charge < -0.3 is 23.7 Å². The van der Waals surface area contributed by atoms with Crippen molar-refractivity contribution in [2.75, 3.05) is 13.7 Å². The van der Waals surface area contributed by atoms with Crippen LogP contribution in [0.3, 0.4) is 0 Å². The van der Waals surface area contributed by atoms with Gasteiger partial charge in [-0.3, -0.25) is 0 Å². The van der Waals surface area contributed by atoms with E-state index in [9.17, 15) is 14.4 Å². The maximum absolute atomic E-state index is 12.8. The lowest BCUT2D eigenvalue weighted by Crippen LogP contribution is -2.42. The summed E-state index contributed by atoms with van der Waals surface area (Å²) in [5, 5.41) is 0. The Balaban J connectivity index is 1.54. The third-order valence-corrected chi connectivity index (χ3v) is 5.39. The fraction of sp³-hybridized carbons (Fsp3) is 0.222. The van der Waals surface area contributed by atoms with Crippen LogP contribution in [0.5, 0.6) is 0 Å². The molecule has 180 valence electrons. The summed E-state index contributed by atoms with van der Waals surface area (Å²) in [6.07, 6.45) is -4.17. The number of methoxy groups -OCH3 is 1. The highest BCUT2D eigenvalue weighted by atomic mass is 16.7. The lowest BCUT2D eigenvalue weighted by atomic mass is 10.1. The quantitative estimate of drug-likeness (QED) is 0.359. The molecule has 1 aliphatic rings. The summed E-state index contributed by atoms with van der Waals surface area (Å²) in [5.74, 6) is -1.85. The maximum atomic E-state index is 12.8. The molecule has 1 saturated heterocycles. The number of carbonyl (C=O) groups is 3. The monoisotopic (exact) mass is 476 g/mol. The molecule has 0 saturated carbocycles. The first-order chi connectivity index (χ1) is 17.1. The van der Waals surface area contributed by atoms with Crippen molar-refractivity contribution in [1.29, 1.82) is 0 Å². The third kappa shape index (κ3) is 5.92. The van der Waals surface area contributed by atoms with E-state index in [2.05, 4.69) is 0 Å². The maximum Gasteiger partial charge on any atom is 0.338 e. The lowest BCUT2D eigenvalue weighted by molar-refractivity contribution is -0.155. The summed E-state index contributed by atoms with van der Waals surface area (Å²) in [6.45, 7) is -0.250. The van der Waals surface area contributed by atoms with Crippen LogP contribution < -0.4 is 0 Å².